The van der Waals surface area contributed by atoms with Gasteiger partial charge in [-0.2, -0.15) is 0 Å². The fourth-order valence-corrected chi connectivity index (χ4v) is 2.13. The Morgan fingerprint density at radius 3 is 2.90 bits per heavy atom. The predicted molar refractivity (Wildman–Crippen MR) is 75.8 cm³/mol. The summed E-state index contributed by atoms with van der Waals surface area (Å²) in [7, 11) is 0. The van der Waals surface area contributed by atoms with E-state index in [1.165, 1.54) is 23.1 Å². The Bertz CT molecular complexity index is 551. The molecular formula is C13H15ClN2O5. The molecule has 1 aromatic carbocycles. The molecule has 7 nitrogen and oxygen atoms in total. The number of hydrogen-bond donors (Lipinski definition) is 3. The molecule has 114 valence electrons. The van der Waals surface area contributed by atoms with Gasteiger partial charge in [0.25, 0.3) is 0 Å². The fraction of sp³-hybridized carbons (Fsp3) is 0.385. The smallest absolute Gasteiger partial charge is 0.335 e. The molecule has 1 saturated heterocycles. The third-order valence-corrected chi connectivity index (χ3v) is 3.41. The van der Waals surface area contributed by atoms with Gasteiger partial charge in [0.1, 0.15) is 0 Å². The number of urea groups is 1. The highest BCUT2D eigenvalue weighted by atomic mass is 35.5. The number of rotatable bonds is 3. The molecular weight excluding hydrogens is 300 g/mol. The van der Waals surface area contributed by atoms with E-state index in [2.05, 4.69) is 5.32 Å². The van der Waals surface area contributed by atoms with Gasteiger partial charge < -0.3 is 25.2 Å². The Morgan fingerprint density at radius 1 is 1.48 bits per heavy atom. The lowest BCUT2D eigenvalue weighted by Gasteiger charge is -2.32. The Labute approximate surface area is 126 Å². The van der Waals surface area contributed by atoms with E-state index in [1.807, 2.05) is 0 Å². The van der Waals surface area contributed by atoms with Crippen LogP contribution in [-0.4, -0.2) is 59.5 Å². The van der Waals surface area contributed by atoms with Gasteiger partial charge in [-0.15, -0.1) is 0 Å². The van der Waals surface area contributed by atoms with Crippen molar-refractivity contribution in [1.82, 2.24) is 4.90 Å². The quantitative estimate of drug-likeness (QED) is 0.780. The van der Waals surface area contributed by atoms with Crippen LogP contribution in [0.15, 0.2) is 18.2 Å². The van der Waals surface area contributed by atoms with Crippen LogP contribution in [0.5, 0.6) is 0 Å². The summed E-state index contributed by atoms with van der Waals surface area (Å²) < 4.78 is 5.26. The van der Waals surface area contributed by atoms with Crippen LogP contribution in [0.4, 0.5) is 10.5 Å². The Kier molecular flexibility index (Phi) is 5.00. The van der Waals surface area contributed by atoms with Gasteiger partial charge in [-0.25, -0.2) is 9.59 Å². The Balaban J connectivity index is 2.08. The van der Waals surface area contributed by atoms with E-state index < -0.39 is 18.1 Å². The minimum absolute atomic E-state index is 0.0323. The molecule has 1 aliphatic heterocycles. The number of halogens is 1. The zero-order chi connectivity index (χ0) is 15.4. The highest BCUT2D eigenvalue weighted by Crippen LogP contribution is 2.23. The first-order valence-electron chi connectivity index (χ1n) is 6.32. The molecule has 0 aliphatic carbocycles. The summed E-state index contributed by atoms with van der Waals surface area (Å²) in [6, 6.07) is 3.65. The highest BCUT2D eigenvalue weighted by Gasteiger charge is 2.24. The molecule has 0 radical (unpaired) electrons. The van der Waals surface area contributed by atoms with E-state index in [0.29, 0.717) is 13.2 Å². The Hall–Kier alpha value is -1.83. The average molecular weight is 315 g/mol. The number of carboxylic acids is 1. The summed E-state index contributed by atoms with van der Waals surface area (Å²) in [5.74, 6) is -1.10. The third-order valence-electron chi connectivity index (χ3n) is 3.08. The van der Waals surface area contributed by atoms with Crippen molar-refractivity contribution < 1.29 is 24.5 Å². The summed E-state index contributed by atoms with van der Waals surface area (Å²) in [5.41, 5.74) is 0.263. The van der Waals surface area contributed by atoms with Crippen LogP contribution < -0.4 is 5.32 Å². The van der Waals surface area contributed by atoms with Crippen molar-refractivity contribution in [3.8, 4) is 0 Å². The van der Waals surface area contributed by atoms with E-state index in [9.17, 15) is 9.59 Å². The molecule has 2 amide bonds. The average Bonchev–Trinajstić information content (AvgIpc) is 2.49. The van der Waals surface area contributed by atoms with Crippen LogP contribution in [0.2, 0.25) is 5.02 Å². The number of carbonyl (C=O) groups is 2. The Morgan fingerprint density at radius 2 is 2.24 bits per heavy atom. The molecule has 1 atom stereocenters. The van der Waals surface area contributed by atoms with E-state index in [0.717, 1.165) is 0 Å². The van der Waals surface area contributed by atoms with Crippen molar-refractivity contribution in [2.45, 2.75) is 6.10 Å². The maximum Gasteiger partial charge on any atom is 0.335 e. The summed E-state index contributed by atoms with van der Waals surface area (Å²) in [5, 5.41) is 20.8. The van der Waals surface area contributed by atoms with Crippen molar-refractivity contribution in [2.75, 3.05) is 31.6 Å². The number of aliphatic hydroxyl groups is 1. The van der Waals surface area contributed by atoms with Gasteiger partial charge in [0.05, 0.1) is 42.1 Å². The number of nitrogens with zero attached hydrogens (tertiary/aromatic N) is 1. The number of nitrogens with one attached hydrogen (secondary N) is 1. The lowest BCUT2D eigenvalue weighted by molar-refractivity contribution is -0.0388. The molecule has 0 saturated carbocycles. The number of ether oxygens (including phenoxy) is 1. The van der Waals surface area contributed by atoms with Gasteiger partial charge in [0, 0.05) is 6.54 Å². The SMILES string of the molecule is O=C(O)c1ccc(Cl)c(NC(=O)N2CCOC(CO)C2)c1. The van der Waals surface area contributed by atoms with Crippen molar-refractivity contribution in [2.24, 2.45) is 0 Å². The number of carbonyl (C=O) groups excluding carboxylic acids is 1. The topological polar surface area (TPSA) is 99.1 Å². The first kappa shape index (κ1) is 15.6. The van der Waals surface area contributed by atoms with E-state index in [4.69, 9.17) is 26.6 Å². The first-order chi connectivity index (χ1) is 10.0. The number of hydrogen-bond acceptors (Lipinski definition) is 4. The number of aromatic carboxylic acids is 1. The number of carboxylic acid groups (broad SMARTS) is 1. The monoisotopic (exact) mass is 314 g/mol. The molecule has 8 heteroatoms. The minimum atomic E-state index is -1.10. The van der Waals surface area contributed by atoms with Crippen LogP contribution in [-0.2, 0) is 4.74 Å². The molecule has 1 fully saturated rings. The molecule has 1 aromatic rings. The number of aliphatic hydroxyl groups excluding tert-OH is 1. The summed E-state index contributed by atoms with van der Waals surface area (Å²) in [4.78, 5) is 24.5. The van der Waals surface area contributed by atoms with Crippen LogP contribution >= 0.6 is 11.6 Å². The molecule has 1 unspecified atom stereocenters. The number of benzene rings is 1. The van der Waals surface area contributed by atoms with Crippen LogP contribution in [0.3, 0.4) is 0 Å². The number of anilines is 1. The van der Waals surface area contributed by atoms with Crippen LogP contribution in [0.25, 0.3) is 0 Å². The normalized spacial score (nSPS) is 18.4. The van der Waals surface area contributed by atoms with Crippen molar-refractivity contribution in [1.29, 1.82) is 0 Å². The molecule has 0 spiro atoms. The standard InChI is InChI=1S/C13H15ClN2O5/c14-10-2-1-8(12(18)19)5-11(10)15-13(20)16-3-4-21-9(6-16)7-17/h1-2,5,9,17H,3-4,6-7H2,(H,15,20)(H,18,19). The zero-order valence-electron chi connectivity index (χ0n) is 11.1. The van der Waals surface area contributed by atoms with Crippen molar-refractivity contribution >= 4 is 29.3 Å². The maximum absolute atomic E-state index is 12.1. The highest BCUT2D eigenvalue weighted by molar-refractivity contribution is 6.33. The summed E-state index contributed by atoms with van der Waals surface area (Å²) in [6.45, 7) is 0.817. The number of morpholine rings is 1. The van der Waals surface area contributed by atoms with Crippen molar-refractivity contribution in [3.05, 3.63) is 28.8 Å². The van der Waals surface area contributed by atoms with Crippen LogP contribution in [0.1, 0.15) is 10.4 Å². The largest absolute Gasteiger partial charge is 0.478 e. The first-order valence-corrected chi connectivity index (χ1v) is 6.70. The lowest BCUT2D eigenvalue weighted by atomic mass is 10.2. The maximum atomic E-state index is 12.1. The van der Waals surface area contributed by atoms with Gasteiger partial charge in [0.15, 0.2) is 0 Å². The lowest BCUT2D eigenvalue weighted by Crippen LogP contribution is -2.48. The van der Waals surface area contributed by atoms with Gasteiger partial charge in [-0.05, 0) is 18.2 Å². The summed E-state index contributed by atoms with van der Waals surface area (Å²) in [6.07, 6.45) is -0.412. The summed E-state index contributed by atoms with van der Waals surface area (Å²) >= 11 is 5.95. The van der Waals surface area contributed by atoms with E-state index in [-0.39, 0.29) is 29.4 Å². The van der Waals surface area contributed by atoms with Gasteiger partial charge in [-0.3, -0.25) is 0 Å². The molecule has 1 aliphatic rings. The molecule has 0 bridgehead atoms. The third kappa shape index (κ3) is 3.84. The van der Waals surface area contributed by atoms with Crippen LogP contribution in [0, 0.1) is 0 Å². The van der Waals surface area contributed by atoms with Gasteiger partial charge in [-0.1, -0.05) is 11.6 Å². The predicted octanol–water partition coefficient (Wildman–Crippen LogP) is 1.26. The fourth-order valence-electron chi connectivity index (χ4n) is 1.96. The van der Waals surface area contributed by atoms with E-state index >= 15 is 0 Å². The molecule has 3 N–H and O–H groups in total. The second kappa shape index (κ2) is 6.75. The van der Waals surface area contributed by atoms with E-state index in [1.54, 1.807) is 0 Å². The molecule has 2 rings (SSSR count). The molecule has 21 heavy (non-hydrogen) atoms. The molecule has 1 heterocycles. The van der Waals surface area contributed by atoms with Gasteiger partial charge in [0.2, 0.25) is 0 Å². The van der Waals surface area contributed by atoms with Gasteiger partial charge >= 0.3 is 12.0 Å². The zero-order valence-corrected chi connectivity index (χ0v) is 11.8. The minimum Gasteiger partial charge on any atom is -0.478 e. The van der Waals surface area contributed by atoms with Crippen molar-refractivity contribution in [3.63, 3.8) is 0 Å². The second-order valence-corrected chi connectivity index (χ2v) is 4.96. The second-order valence-electron chi connectivity index (χ2n) is 4.55. The molecule has 0 aromatic heterocycles. The number of amides is 2.